The second-order valence-corrected chi connectivity index (χ2v) is 8.96. The van der Waals surface area contributed by atoms with Crippen molar-refractivity contribution < 1.29 is 13.2 Å². The number of carbonyl (C=O) groups is 1. The molecule has 26 heavy (non-hydrogen) atoms. The molecule has 7 heteroatoms. The predicted molar refractivity (Wildman–Crippen MR) is 108 cm³/mol. The number of carbonyl (C=O) groups excluding carboxylic acids is 1. The fourth-order valence-corrected chi connectivity index (χ4v) is 4.33. The molecule has 0 spiro atoms. The van der Waals surface area contributed by atoms with Gasteiger partial charge < -0.3 is 5.32 Å². The van der Waals surface area contributed by atoms with Crippen LogP contribution in [0.5, 0.6) is 0 Å². The number of nitrogens with one attached hydrogen (secondary N) is 2. The van der Waals surface area contributed by atoms with Crippen LogP contribution in [0, 0.1) is 0 Å². The van der Waals surface area contributed by atoms with Gasteiger partial charge in [0.2, 0.25) is 15.9 Å². The van der Waals surface area contributed by atoms with Crippen LogP contribution >= 0.6 is 11.8 Å². The fraction of sp³-hybridized carbons (Fsp3) is 0.316. The van der Waals surface area contributed by atoms with E-state index in [0.29, 0.717) is 11.4 Å². The zero-order chi connectivity index (χ0) is 19.0. The van der Waals surface area contributed by atoms with Crippen LogP contribution in [0.2, 0.25) is 0 Å². The van der Waals surface area contributed by atoms with Crippen LogP contribution in [0.15, 0.2) is 59.5 Å². The first-order valence-corrected chi connectivity index (χ1v) is 11.0. The van der Waals surface area contributed by atoms with Crippen molar-refractivity contribution in [1.29, 1.82) is 0 Å². The highest BCUT2D eigenvalue weighted by Crippen LogP contribution is 2.15. The van der Waals surface area contributed by atoms with Crippen molar-refractivity contribution >= 4 is 33.4 Å². The molecule has 0 radical (unpaired) electrons. The Labute approximate surface area is 159 Å². The lowest BCUT2D eigenvalue weighted by molar-refractivity contribution is -0.113. The second-order valence-electron chi connectivity index (χ2n) is 6.14. The summed E-state index contributed by atoms with van der Waals surface area (Å²) in [6.07, 6.45) is 0.925. The van der Waals surface area contributed by atoms with Gasteiger partial charge in [0, 0.05) is 11.7 Å². The highest BCUT2D eigenvalue weighted by Gasteiger charge is 2.15. The third-order valence-corrected chi connectivity index (χ3v) is 6.08. The molecule has 140 valence electrons. The van der Waals surface area contributed by atoms with Gasteiger partial charge in [-0.25, -0.2) is 13.1 Å². The Balaban J connectivity index is 1.78. The van der Waals surface area contributed by atoms with Gasteiger partial charge in [0.1, 0.15) is 0 Å². The average Bonchev–Trinajstić information content (AvgIpc) is 2.59. The standard InChI is InChI=1S/C19H24N2O3S2/c1-15(2)21-26(23,24)18-10-8-17(9-11-18)20-19(22)14-25-13-12-16-6-4-3-5-7-16/h3-11,15,21H,12-14H2,1-2H3,(H,20,22). The first-order chi connectivity index (χ1) is 12.4. The topological polar surface area (TPSA) is 75.3 Å². The van der Waals surface area contributed by atoms with Crippen molar-refractivity contribution in [3.05, 3.63) is 60.2 Å². The number of thioether (sulfide) groups is 1. The van der Waals surface area contributed by atoms with E-state index < -0.39 is 10.0 Å². The zero-order valence-corrected chi connectivity index (χ0v) is 16.6. The molecule has 2 N–H and O–H groups in total. The van der Waals surface area contributed by atoms with Crippen LogP contribution in [-0.2, 0) is 21.2 Å². The lowest BCUT2D eigenvalue weighted by Gasteiger charge is -2.10. The molecule has 5 nitrogen and oxygen atoms in total. The predicted octanol–water partition coefficient (Wildman–Crippen LogP) is 3.29. The van der Waals surface area contributed by atoms with E-state index in [9.17, 15) is 13.2 Å². The molecule has 0 atom stereocenters. The Morgan fingerprint density at radius 3 is 2.31 bits per heavy atom. The Morgan fingerprint density at radius 1 is 1.04 bits per heavy atom. The van der Waals surface area contributed by atoms with Gasteiger partial charge in [-0.1, -0.05) is 30.3 Å². The summed E-state index contributed by atoms with van der Waals surface area (Å²) in [5.41, 5.74) is 1.84. The average molecular weight is 393 g/mol. The van der Waals surface area contributed by atoms with Crippen molar-refractivity contribution in [2.24, 2.45) is 0 Å². The minimum Gasteiger partial charge on any atom is -0.325 e. The maximum atomic E-state index is 12.1. The van der Waals surface area contributed by atoms with Crippen LogP contribution < -0.4 is 10.0 Å². The molecular formula is C19H24N2O3S2. The summed E-state index contributed by atoms with van der Waals surface area (Å²) in [4.78, 5) is 12.2. The zero-order valence-electron chi connectivity index (χ0n) is 14.9. The highest BCUT2D eigenvalue weighted by molar-refractivity contribution is 7.99. The highest BCUT2D eigenvalue weighted by atomic mass is 32.2. The van der Waals surface area contributed by atoms with Crippen LogP contribution in [0.1, 0.15) is 19.4 Å². The lowest BCUT2D eigenvalue weighted by atomic mass is 10.2. The molecule has 0 aromatic heterocycles. The molecule has 2 rings (SSSR count). The van der Waals surface area contributed by atoms with Crippen molar-refractivity contribution in [2.75, 3.05) is 16.8 Å². The molecule has 0 saturated heterocycles. The quantitative estimate of drug-likeness (QED) is 0.642. The third-order valence-electron chi connectivity index (χ3n) is 3.45. The van der Waals surface area contributed by atoms with Crippen LogP contribution in [0.3, 0.4) is 0 Å². The number of hydrogen-bond donors (Lipinski definition) is 2. The number of sulfonamides is 1. The van der Waals surface area contributed by atoms with Gasteiger partial charge in [-0.2, -0.15) is 11.8 Å². The van der Waals surface area contributed by atoms with Gasteiger partial charge in [-0.05, 0) is 55.9 Å². The van der Waals surface area contributed by atoms with Crippen molar-refractivity contribution in [3.63, 3.8) is 0 Å². The summed E-state index contributed by atoms with van der Waals surface area (Å²) in [6, 6.07) is 16.1. The van der Waals surface area contributed by atoms with Crippen molar-refractivity contribution in [2.45, 2.75) is 31.2 Å². The SMILES string of the molecule is CC(C)NS(=O)(=O)c1ccc(NC(=O)CSCCc2ccccc2)cc1. The van der Waals surface area contributed by atoms with E-state index in [2.05, 4.69) is 22.2 Å². The molecular weight excluding hydrogens is 368 g/mol. The summed E-state index contributed by atoms with van der Waals surface area (Å²) < 4.78 is 26.7. The summed E-state index contributed by atoms with van der Waals surface area (Å²) >= 11 is 1.57. The van der Waals surface area contributed by atoms with Crippen molar-refractivity contribution in [1.82, 2.24) is 4.72 Å². The van der Waals surface area contributed by atoms with Gasteiger partial charge in [-0.15, -0.1) is 0 Å². The maximum absolute atomic E-state index is 12.1. The first kappa shape index (κ1) is 20.5. The number of aryl methyl sites for hydroxylation is 1. The number of amides is 1. The molecule has 2 aromatic rings. The summed E-state index contributed by atoms with van der Waals surface area (Å²) in [5.74, 6) is 1.14. The minimum absolute atomic E-state index is 0.0982. The van der Waals surface area contributed by atoms with Crippen molar-refractivity contribution in [3.8, 4) is 0 Å². The van der Waals surface area contributed by atoms with E-state index in [4.69, 9.17) is 0 Å². The van der Waals surface area contributed by atoms with E-state index in [-0.39, 0.29) is 16.8 Å². The molecule has 0 aliphatic rings. The van der Waals surface area contributed by atoms with Crippen LogP contribution in [-0.4, -0.2) is 31.9 Å². The van der Waals surface area contributed by atoms with E-state index in [0.717, 1.165) is 12.2 Å². The molecule has 0 heterocycles. The molecule has 0 bridgehead atoms. The fourth-order valence-electron chi connectivity index (χ4n) is 2.29. The second kappa shape index (κ2) is 9.75. The van der Waals surface area contributed by atoms with E-state index in [1.165, 1.54) is 17.7 Å². The van der Waals surface area contributed by atoms with Crippen LogP contribution in [0.4, 0.5) is 5.69 Å². The Kier molecular flexibility index (Phi) is 7.68. The molecule has 0 aliphatic carbocycles. The molecule has 0 saturated carbocycles. The molecule has 0 aliphatic heterocycles. The van der Waals surface area contributed by atoms with Gasteiger partial charge in [0.05, 0.1) is 10.6 Å². The normalized spacial score (nSPS) is 11.5. The van der Waals surface area contributed by atoms with E-state index in [1.54, 1.807) is 37.7 Å². The molecule has 2 aromatic carbocycles. The monoisotopic (exact) mass is 392 g/mol. The van der Waals surface area contributed by atoms with Gasteiger partial charge in [0.25, 0.3) is 0 Å². The van der Waals surface area contributed by atoms with E-state index in [1.807, 2.05) is 18.2 Å². The third kappa shape index (κ3) is 6.82. The Hall–Kier alpha value is -1.83. The lowest BCUT2D eigenvalue weighted by Crippen LogP contribution is -2.30. The number of anilines is 1. The molecule has 0 unspecified atom stereocenters. The summed E-state index contributed by atoms with van der Waals surface area (Å²) in [7, 11) is -3.52. The molecule has 1 amide bonds. The van der Waals surface area contributed by atoms with Gasteiger partial charge in [0.15, 0.2) is 0 Å². The van der Waals surface area contributed by atoms with Crippen LogP contribution in [0.25, 0.3) is 0 Å². The van der Waals surface area contributed by atoms with E-state index >= 15 is 0 Å². The minimum atomic E-state index is -3.52. The first-order valence-electron chi connectivity index (χ1n) is 8.41. The smallest absolute Gasteiger partial charge is 0.240 e. The van der Waals surface area contributed by atoms with Gasteiger partial charge >= 0.3 is 0 Å². The number of hydrogen-bond acceptors (Lipinski definition) is 4. The number of rotatable bonds is 9. The number of benzene rings is 2. The molecule has 0 fully saturated rings. The van der Waals surface area contributed by atoms with Gasteiger partial charge in [-0.3, -0.25) is 4.79 Å². The Morgan fingerprint density at radius 2 is 1.69 bits per heavy atom. The largest absolute Gasteiger partial charge is 0.325 e. The summed E-state index contributed by atoms with van der Waals surface area (Å²) in [6.45, 7) is 3.53. The maximum Gasteiger partial charge on any atom is 0.240 e. The Bertz CT molecular complexity index is 804. The summed E-state index contributed by atoms with van der Waals surface area (Å²) in [5, 5.41) is 2.79.